The van der Waals surface area contributed by atoms with Crippen molar-refractivity contribution in [3.8, 4) is 0 Å². The van der Waals surface area contributed by atoms with Crippen LogP contribution in [0, 0.1) is 0 Å². The maximum Gasteiger partial charge on any atom is 0.307 e. The van der Waals surface area contributed by atoms with Crippen LogP contribution < -0.4 is 16.8 Å². The number of carboxylic acid groups (broad SMARTS) is 1. The monoisotopic (exact) mass is 285 g/mol. The van der Waals surface area contributed by atoms with Crippen LogP contribution in [0.5, 0.6) is 0 Å². The summed E-state index contributed by atoms with van der Waals surface area (Å²) in [5.74, 6) is -1.26. The molecular formula is C15H15N3O3. The third-order valence-electron chi connectivity index (χ3n) is 2.89. The van der Waals surface area contributed by atoms with Gasteiger partial charge in [-0.3, -0.25) is 9.59 Å². The SMILES string of the molecule is Nc1ccc(C(=O)Nc2cccc(CC(=O)O)c2)cc1N. The molecule has 0 spiro atoms. The normalized spacial score (nSPS) is 10.1. The molecule has 2 aromatic rings. The first-order chi connectivity index (χ1) is 9.95. The predicted molar refractivity (Wildman–Crippen MR) is 81.0 cm³/mol. The van der Waals surface area contributed by atoms with E-state index in [2.05, 4.69) is 5.32 Å². The zero-order chi connectivity index (χ0) is 15.4. The summed E-state index contributed by atoms with van der Waals surface area (Å²) in [4.78, 5) is 22.8. The van der Waals surface area contributed by atoms with E-state index in [9.17, 15) is 9.59 Å². The Labute approximate surface area is 121 Å². The third kappa shape index (κ3) is 3.73. The number of carbonyl (C=O) groups is 2. The van der Waals surface area contributed by atoms with Crippen LogP contribution >= 0.6 is 0 Å². The number of amides is 1. The number of nitrogens with one attached hydrogen (secondary N) is 1. The molecule has 108 valence electrons. The average molecular weight is 285 g/mol. The number of carboxylic acids is 1. The molecule has 1 amide bonds. The lowest BCUT2D eigenvalue weighted by molar-refractivity contribution is -0.136. The molecule has 0 saturated carbocycles. The summed E-state index contributed by atoms with van der Waals surface area (Å²) >= 11 is 0. The highest BCUT2D eigenvalue weighted by Gasteiger charge is 2.08. The minimum Gasteiger partial charge on any atom is -0.481 e. The molecule has 0 aliphatic heterocycles. The van der Waals surface area contributed by atoms with E-state index in [-0.39, 0.29) is 12.3 Å². The molecule has 2 rings (SSSR count). The number of rotatable bonds is 4. The molecule has 0 aliphatic carbocycles. The Morgan fingerprint density at radius 3 is 2.48 bits per heavy atom. The highest BCUT2D eigenvalue weighted by Crippen LogP contribution is 2.18. The van der Waals surface area contributed by atoms with Crippen LogP contribution in [0.2, 0.25) is 0 Å². The molecule has 0 heterocycles. The van der Waals surface area contributed by atoms with Crippen LogP contribution in [-0.4, -0.2) is 17.0 Å². The van der Waals surface area contributed by atoms with Crippen molar-refractivity contribution in [1.82, 2.24) is 0 Å². The summed E-state index contributed by atoms with van der Waals surface area (Å²) in [5.41, 5.74) is 13.5. The second kappa shape index (κ2) is 5.96. The van der Waals surface area contributed by atoms with Gasteiger partial charge in [0.25, 0.3) is 5.91 Å². The van der Waals surface area contributed by atoms with Crippen molar-refractivity contribution >= 4 is 28.9 Å². The predicted octanol–water partition coefficient (Wildman–Crippen LogP) is 1.73. The molecule has 21 heavy (non-hydrogen) atoms. The second-order valence-electron chi connectivity index (χ2n) is 4.57. The molecule has 0 atom stereocenters. The van der Waals surface area contributed by atoms with Crippen molar-refractivity contribution in [3.63, 3.8) is 0 Å². The van der Waals surface area contributed by atoms with E-state index in [0.717, 1.165) is 0 Å². The molecule has 0 saturated heterocycles. The molecule has 6 nitrogen and oxygen atoms in total. The molecule has 0 aliphatic rings. The molecule has 6 N–H and O–H groups in total. The Hall–Kier alpha value is -3.02. The topological polar surface area (TPSA) is 118 Å². The molecular weight excluding hydrogens is 270 g/mol. The van der Waals surface area contributed by atoms with Crippen molar-refractivity contribution < 1.29 is 14.7 Å². The highest BCUT2D eigenvalue weighted by atomic mass is 16.4. The Bertz CT molecular complexity index is 698. The first-order valence-corrected chi connectivity index (χ1v) is 6.23. The van der Waals surface area contributed by atoms with E-state index in [1.165, 1.54) is 6.07 Å². The molecule has 0 bridgehead atoms. The van der Waals surface area contributed by atoms with Crippen molar-refractivity contribution in [3.05, 3.63) is 53.6 Å². The van der Waals surface area contributed by atoms with Gasteiger partial charge in [-0.05, 0) is 35.9 Å². The Morgan fingerprint density at radius 1 is 1.05 bits per heavy atom. The second-order valence-corrected chi connectivity index (χ2v) is 4.57. The van der Waals surface area contributed by atoms with Gasteiger partial charge in [-0.1, -0.05) is 12.1 Å². The van der Waals surface area contributed by atoms with E-state index < -0.39 is 5.97 Å². The quantitative estimate of drug-likeness (QED) is 0.638. The van der Waals surface area contributed by atoms with E-state index >= 15 is 0 Å². The van der Waals surface area contributed by atoms with Gasteiger partial charge in [0.2, 0.25) is 0 Å². The summed E-state index contributed by atoms with van der Waals surface area (Å²) in [6.07, 6.45) is -0.0987. The fraction of sp³-hybridized carbons (Fsp3) is 0.0667. The van der Waals surface area contributed by atoms with E-state index in [1.54, 1.807) is 36.4 Å². The number of benzene rings is 2. The van der Waals surface area contributed by atoms with Gasteiger partial charge in [0.1, 0.15) is 0 Å². The lowest BCUT2D eigenvalue weighted by Crippen LogP contribution is -2.13. The molecule has 0 fully saturated rings. The van der Waals surface area contributed by atoms with E-state index in [0.29, 0.717) is 28.2 Å². The minimum atomic E-state index is -0.926. The number of hydrogen-bond acceptors (Lipinski definition) is 4. The number of anilines is 3. The zero-order valence-electron chi connectivity index (χ0n) is 11.2. The fourth-order valence-corrected chi connectivity index (χ4v) is 1.85. The van der Waals surface area contributed by atoms with Crippen LogP contribution in [0.3, 0.4) is 0 Å². The largest absolute Gasteiger partial charge is 0.481 e. The zero-order valence-corrected chi connectivity index (χ0v) is 11.2. The molecule has 0 radical (unpaired) electrons. The summed E-state index contributed by atoms with van der Waals surface area (Å²) < 4.78 is 0. The molecule has 2 aromatic carbocycles. The van der Waals surface area contributed by atoms with Crippen LogP contribution in [0.1, 0.15) is 15.9 Å². The Kier molecular flexibility index (Phi) is 4.08. The third-order valence-corrected chi connectivity index (χ3v) is 2.89. The maximum absolute atomic E-state index is 12.1. The molecule has 0 aromatic heterocycles. The van der Waals surface area contributed by atoms with E-state index in [1.807, 2.05) is 0 Å². The highest BCUT2D eigenvalue weighted by molar-refractivity contribution is 6.05. The van der Waals surface area contributed by atoms with Gasteiger partial charge in [0, 0.05) is 11.3 Å². The molecule has 6 heteroatoms. The van der Waals surface area contributed by atoms with Crippen LogP contribution in [0.15, 0.2) is 42.5 Å². The van der Waals surface area contributed by atoms with Crippen molar-refractivity contribution in [2.24, 2.45) is 0 Å². The van der Waals surface area contributed by atoms with Crippen molar-refractivity contribution in [2.75, 3.05) is 16.8 Å². The lowest BCUT2D eigenvalue weighted by atomic mass is 10.1. The smallest absolute Gasteiger partial charge is 0.307 e. The summed E-state index contributed by atoms with van der Waals surface area (Å²) in [6.45, 7) is 0. The van der Waals surface area contributed by atoms with Crippen LogP contribution in [0.4, 0.5) is 17.1 Å². The van der Waals surface area contributed by atoms with Crippen molar-refractivity contribution in [2.45, 2.75) is 6.42 Å². The van der Waals surface area contributed by atoms with Crippen LogP contribution in [0.25, 0.3) is 0 Å². The number of aliphatic carboxylic acids is 1. The van der Waals surface area contributed by atoms with Gasteiger partial charge in [0.05, 0.1) is 17.8 Å². The van der Waals surface area contributed by atoms with Crippen LogP contribution in [-0.2, 0) is 11.2 Å². The number of nitrogen functional groups attached to an aromatic ring is 2. The Morgan fingerprint density at radius 2 is 1.81 bits per heavy atom. The number of carbonyl (C=O) groups excluding carboxylic acids is 1. The van der Waals surface area contributed by atoms with Crippen molar-refractivity contribution in [1.29, 1.82) is 0 Å². The maximum atomic E-state index is 12.1. The van der Waals surface area contributed by atoms with Gasteiger partial charge in [0.15, 0.2) is 0 Å². The number of hydrogen-bond donors (Lipinski definition) is 4. The first kappa shape index (κ1) is 14.4. The van der Waals surface area contributed by atoms with Gasteiger partial charge in [-0.2, -0.15) is 0 Å². The molecule has 0 unspecified atom stereocenters. The summed E-state index contributed by atoms with van der Waals surface area (Å²) in [5, 5.41) is 11.5. The van der Waals surface area contributed by atoms with Gasteiger partial charge >= 0.3 is 5.97 Å². The van der Waals surface area contributed by atoms with E-state index in [4.69, 9.17) is 16.6 Å². The van der Waals surface area contributed by atoms with Gasteiger partial charge in [-0.25, -0.2) is 0 Å². The fourth-order valence-electron chi connectivity index (χ4n) is 1.85. The van der Waals surface area contributed by atoms with Gasteiger partial charge in [-0.15, -0.1) is 0 Å². The lowest BCUT2D eigenvalue weighted by Gasteiger charge is -2.08. The number of nitrogens with two attached hydrogens (primary N) is 2. The standard InChI is InChI=1S/C15H15N3O3/c16-12-5-4-10(8-13(12)17)15(21)18-11-3-1-2-9(6-11)7-14(19)20/h1-6,8H,7,16-17H2,(H,18,21)(H,19,20). The minimum absolute atomic E-state index is 0.0987. The average Bonchev–Trinajstić information content (AvgIpc) is 2.41. The Balaban J connectivity index is 2.15. The summed E-state index contributed by atoms with van der Waals surface area (Å²) in [6, 6.07) is 11.3. The first-order valence-electron chi connectivity index (χ1n) is 6.23. The van der Waals surface area contributed by atoms with Gasteiger partial charge < -0.3 is 21.9 Å². The summed E-state index contributed by atoms with van der Waals surface area (Å²) in [7, 11) is 0.